The van der Waals surface area contributed by atoms with E-state index in [9.17, 15) is 0 Å². The number of furan rings is 1. The summed E-state index contributed by atoms with van der Waals surface area (Å²) in [5.74, 6) is 0.881. The first kappa shape index (κ1) is 10.4. The average molecular weight is 243 g/mol. The smallest absolute Gasteiger partial charge is 0.135 e. The van der Waals surface area contributed by atoms with Crippen molar-refractivity contribution in [1.29, 1.82) is 0 Å². The molecular formula is C15H11ClO. The van der Waals surface area contributed by atoms with Gasteiger partial charge in [0.15, 0.2) is 0 Å². The summed E-state index contributed by atoms with van der Waals surface area (Å²) < 4.78 is 5.81. The highest BCUT2D eigenvalue weighted by atomic mass is 35.5. The molecule has 3 aromatic rings. The number of aryl methyl sites for hydroxylation is 1. The molecular weight excluding hydrogens is 232 g/mol. The Labute approximate surface area is 105 Å². The predicted molar refractivity (Wildman–Crippen MR) is 71.4 cm³/mol. The van der Waals surface area contributed by atoms with Gasteiger partial charge >= 0.3 is 0 Å². The second-order valence-corrected chi connectivity index (χ2v) is 4.60. The van der Waals surface area contributed by atoms with Crippen LogP contribution in [0.25, 0.3) is 22.3 Å². The van der Waals surface area contributed by atoms with Crippen LogP contribution in [0.15, 0.2) is 52.9 Å². The summed E-state index contributed by atoms with van der Waals surface area (Å²) in [6, 6.07) is 15.9. The number of fused-ring (bicyclic) bond motifs is 1. The van der Waals surface area contributed by atoms with E-state index in [0.717, 1.165) is 27.3 Å². The van der Waals surface area contributed by atoms with Gasteiger partial charge in [0, 0.05) is 16.0 Å². The molecule has 0 fully saturated rings. The molecule has 0 radical (unpaired) electrons. The van der Waals surface area contributed by atoms with Gasteiger partial charge < -0.3 is 4.42 Å². The lowest BCUT2D eigenvalue weighted by molar-refractivity contribution is 0.631. The minimum Gasteiger partial charge on any atom is -0.456 e. The normalized spacial score (nSPS) is 10.9. The zero-order valence-corrected chi connectivity index (χ0v) is 10.2. The second-order valence-electron chi connectivity index (χ2n) is 4.16. The van der Waals surface area contributed by atoms with Gasteiger partial charge in [-0.15, -0.1) is 0 Å². The molecule has 0 saturated carbocycles. The Morgan fingerprint density at radius 1 is 1.00 bits per heavy atom. The molecule has 2 heteroatoms. The van der Waals surface area contributed by atoms with E-state index in [1.54, 1.807) is 0 Å². The van der Waals surface area contributed by atoms with Gasteiger partial charge in [-0.1, -0.05) is 35.4 Å². The van der Waals surface area contributed by atoms with Gasteiger partial charge in [-0.2, -0.15) is 0 Å². The summed E-state index contributed by atoms with van der Waals surface area (Å²) in [4.78, 5) is 0. The Morgan fingerprint density at radius 2 is 1.88 bits per heavy atom. The summed E-state index contributed by atoms with van der Waals surface area (Å²) >= 11 is 5.96. The van der Waals surface area contributed by atoms with E-state index in [0.29, 0.717) is 0 Å². The summed E-state index contributed by atoms with van der Waals surface area (Å²) in [6.07, 6.45) is 0. The van der Waals surface area contributed by atoms with Gasteiger partial charge in [0.1, 0.15) is 11.3 Å². The first-order valence-corrected chi connectivity index (χ1v) is 5.86. The number of halogens is 1. The fourth-order valence-electron chi connectivity index (χ4n) is 1.95. The van der Waals surface area contributed by atoms with Crippen LogP contribution in [0, 0.1) is 6.92 Å². The van der Waals surface area contributed by atoms with Gasteiger partial charge in [0.25, 0.3) is 0 Å². The SMILES string of the molecule is Cc1cccc(-c2cc3cc(Cl)ccc3o2)c1. The van der Waals surface area contributed by atoms with Crippen molar-refractivity contribution in [2.75, 3.05) is 0 Å². The van der Waals surface area contributed by atoms with Gasteiger partial charge in [0.05, 0.1) is 0 Å². The molecule has 2 aromatic carbocycles. The first-order valence-electron chi connectivity index (χ1n) is 5.48. The van der Waals surface area contributed by atoms with Crippen molar-refractivity contribution >= 4 is 22.6 Å². The number of hydrogen-bond acceptors (Lipinski definition) is 1. The average Bonchev–Trinajstić information content (AvgIpc) is 2.72. The molecule has 3 rings (SSSR count). The maximum absolute atomic E-state index is 5.96. The third-order valence-electron chi connectivity index (χ3n) is 2.78. The van der Waals surface area contributed by atoms with E-state index >= 15 is 0 Å². The minimum absolute atomic E-state index is 0.731. The van der Waals surface area contributed by atoms with Crippen molar-refractivity contribution in [2.45, 2.75) is 6.92 Å². The highest BCUT2D eigenvalue weighted by Gasteiger charge is 2.06. The van der Waals surface area contributed by atoms with E-state index in [4.69, 9.17) is 16.0 Å². The quantitative estimate of drug-likeness (QED) is 0.581. The van der Waals surface area contributed by atoms with Crippen LogP contribution in [0.3, 0.4) is 0 Å². The van der Waals surface area contributed by atoms with Gasteiger partial charge in [-0.05, 0) is 37.3 Å². The van der Waals surface area contributed by atoms with Crippen LogP contribution >= 0.6 is 11.6 Å². The molecule has 0 N–H and O–H groups in total. The lowest BCUT2D eigenvalue weighted by Gasteiger charge is -1.97. The topological polar surface area (TPSA) is 13.1 Å². The Bertz CT molecular complexity index is 682. The van der Waals surface area contributed by atoms with Crippen molar-refractivity contribution in [3.8, 4) is 11.3 Å². The van der Waals surface area contributed by atoms with Crippen LogP contribution in [-0.4, -0.2) is 0 Å². The zero-order valence-electron chi connectivity index (χ0n) is 9.41. The van der Waals surface area contributed by atoms with E-state index in [1.807, 2.05) is 36.4 Å². The van der Waals surface area contributed by atoms with Crippen LogP contribution in [0.5, 0.6) is 0 Å². The molecule has 1 aromatic heterocycles. The Hall–Kier alpha value is -1.73. The summed E-state index contributed by atoms with van der Waals surface area (Å²) in [5.41, 5.74) is 3.18. The summed E-state index contributed by atoms with van der Waals surface area (Å²) in [7, 11) is 0. The molecule has 0 saturated heterocycles. The Balaban J connectivity index is 2.18. The highest BCUT2D eigenvalue weighted by Crippen LogP contribution is 2.29. The lowest BCUT2D eigenvalue weighted by atomic mass is 10.1. The van der Waals surface area contributed by atoms with Crippen molar-refractivity contribution in [2.24, 2.45) is 0 Å². The molecule has 0 aliphatic heterocycles. The number of benzene rings is 2. The number of rotatable bonds is 1. The first-order chi connectivity index (χ1) is 8.22. The summed E-state index contributed by atoms with van der Waals surface area (Å²) in [5, 5.41) is 1.77. The second kappa shape index (κ2) is 3.94. The van der Waals surface area contributed by atoms with Gasteiger partial charge in [0.2, 0.25) is 0 Å². The number of hydrogen-bond donors (Lipinski definition) is 0. The summed E-state index contributed by atoms with van der Waals surface area (Å²) in [6.45, 7) is 2.07. The monoisotopic (exact) mass is 242 g/mol. The standard InChI is InChI=1S/C15H11ClO/c1-10-3-2-4-11(7-10)15-9-12-8-13(16)5-6-14(12)17-15/h2-9H,1H3. The molecule has 0 spiro atoms. The van der Waals surface area contributed by atoms with Crippen molar-refractivity contribution in [3.05, 3.63) is 59.1 Å². The third-order valence-corrected chi connectivity index (χ3v) is 3.02. The third kappa shape index (κ3) is 1.94. The van der Waals surface area contributed by atoms with Crippen LogP contribution in [0.4, 0.5) is 0 Å². The molecule has 0 bridgehead atoms. The van der Waals surface area contributed by atoms with Crippen molar-refractivity contribution in [3.63, 3.8) is 0 Å². The van der Waals surface area contributed by atoms with Gasteiger partial charge in [-0.3, -0.25) is 0 Å². The van der Waals surface area contributed by atoms with Crippen molar-refractivity contribution < 1.29 is 4.42 Å². The van der Waals surface area contributed by atoms with E-state index < -0.39 is 0 Å². The van der Waals surface area contributed by atoms with E-state index in [1.165, 1.54) is 5.56 Å². The largest absolute Gasteiger partial charge is 0.456 e. The van der Waals surface area contributed by atoms with Gasteiger partial charge in [-0.25, -0.2) is 0 Å². The molecule has 0 aliphatic carbocycles. The van der Waals surface area contributed by atoms with Crippen molar-refractivity contribution in [1.82, 2.24) is 0 Å². The molecule has 0 unspecified atom stereocenters. The predicted octanol–water partition coefficient (Wildman–Crippen LogP) is 5.06. The Morgan fingerprint density at radius 3 is 2.71 bits per heavy atom. The van der Waals surface area contributed by atoms with Crippen LogP contribution in [-0.2, 0) is 0 Å². The lowest BCUT2D eigenvalue weighted by Crippen LogP contribution is -1.74. The zero-order chi connectivity index (χ0) is 11.8. The fraction of sp³-hybridized carbons (Fsp3) is 0.0667. The molecule has 84 valence electrons. The van der Waals surface area contributed by atoms with E-state index in [2.05, 4.69) is 19.1 Å². The highest BCUT2D eigenvalue weighted by molar-refractivity contribution is 6.31. The minimum atomic E-state index is 0.731. The van der Waals surface area contributed by atoms with Crippen LogP contribution < -0.4 is 0 Å². The molecule has 0 amide bonds. The van der Waals surface area contributed by atoms with Crippen LogP contribution in [0.1, 0.15) is 5.56 Å². The van der Waals surface area contributed by atoms with E-state index in [-0.39, 0.29) is 0 Å². The molecule has 17 heavy (non-hydrogen) atoms. The molecule has 1 nitrogen and oxygen atoms in total. The molecule has 0 aliphatic rings. The maximum Gasteiger partial charge on any atom is 0.135 e. The molecule has 0 atom stereocenters. The molecule has 1 heterocycles. The maximum atomic E-state index is 5.96. The fourth-order valence-corrected chi connectivity index (χ4v) is 2.14. The van der Waals surface area contributed by atoms with Crippen LogP contribution in [0.2, 0.25) is 5.02 Å². The Kier molecular flexibility index (Phi) is 2.41.